The Kier molecular flexibility index (Phi) is 4.94. The van der Waals surface area contributed by atoms with Crippen molar-refractivity contribution in [3.8, 4) is 6.07 Å². The highest BCUT2D eigenvalue weighted by Crippen LogP contribution is 2.21. The lowest BCUT2D eigenvalue weighted by molar-refractivity contribution is -0.116. The first-order valence-corrected chi connectivity index (χ1v) is 7.18. The normalized spacial score (nSPS) is 18.0. The summed E-state index contributed by atoms with van der Waals surface area (Å²) in [4.78, 5) is 11.9. The van der Waals surface area contributed by atoms with Crippen LogP contribution in [0.25, 0.3) is 0 Å². The van der Waals surface area contributed by atoms with Gasteiger partial charge in [-0.3, -0.25) is 4.79 Å². The molecule has 2 rings (SSSR count). The maximum atomic E-state index is 11.9. The van der Waals surface area contributed by atoms with Crippen LogP contribution in [0.4, 0.5) is 5.69 Å². The minimum atomic E-state index is -0.0225. The summed E-state index contributed by atoms with van der Waals surface area (Å²) in [5, 5.41) is 15.1. The van der Waals surface area contributed by atoms with Crippen molar-refractivity contribution in [1.29, 1.82) is 5.26 Å². The Morgan fingerprint density at radius 1 is 1.58 bits per heavy atom. The van der Waals surface area contributed by atoms with Crippen molar-refractivity contribution in [1.82, 2.24) is 5.32 Å². The molecule has 4 nitrogen and oxygen atoms in total. The van der Waals surface area contributed by atoms with Gasteiger partial charge in [-0.05, 0) is 50.0 Å². The first-order valence-electron chi connectivity index (χ1n) is 6.39. The van der Waals surface area contributed by atoms with Crippen molar-refractivity contribution in [3.05, 3.63) is 28.2 Å². The van der Waals surface area contributed by atoms with Gasteiger partial charge in [0.05, 0.1) is 11.3 Å². The summed E-state index contributed by atoms with van der Waals surface area (Å²) in [6.45, 7) is 2.06. The number of carbonyl (C=O) groups excluding carboxylic acids is 1. The number of rotatable bonds is 4. The van der Waals surface area contributed by atoms with Gasteiger partial charge < -0.3 is 10.6 Å². The van der Waals surface area contributed by atoms with E-state index >= 15 is 0 Å². The van der Waals surface area contributed by atoms with E-state index in [0.29, 0.717) is 23.6 Å². The fourth-order valence-corrected chi connectivity index (χ4v) is 2.59. The van der Waals surface area contributed by atoms with Crippen LogP contribution in [-0.4, -0.2) is 19.0 Å². The largest absolute Gasteiger partial charge is 0.325 e. The van der Waals surface area contributed by atoms with Crippen molar-refractivity contribution in [3.63, 3.8) is 0 Å². The van der Waals surface area contributed by atoms with E-state index in [1.54, 1.807) is 12.1 Å². The third-order valence-corrected chi connectivity index (χ3v) is 3.81. The fraction of sp³-hybridized carbons (Fsp3) is 0.429. The Labute approximate surface area is 121 Å². The molecular formula is C14H16BrN3O. The number of nitrogens with zero attached hydrogens (tertiary/aromatic N) is 1. The van der Waals surface area contributed by atoms with Gasteiger partial charge in [-0.2, -0.15) is 5.26 Å². The second-order valence-electron chi connectivity index (χ2n) is 4.75. The van der Waals surface area contributed by atoms with Gasteiger partial charge in [-0.25, -0.2) is 0 Å². The van der Waals surface area contributed by atoms with Crippen molar-refractivity contribution in [2.24, 2.45) is 5.92 Å². The maximum absolute atomic E-state index is 11.9. The van der Waals surface area contributed by atoms with Gasteiger partial charge >= 0.3 is 0 Å². The highest BCUT2D eigenvalue weighted by molar-refractivity contribution is 9.10. The summed E-state index contributed by atoms with van der Waals surface area (Å²) in [6, 6.07) is 7.35. The second kappa shape index (κ2) is 6.69. The lowest BCUT2D eigenvalue weighted by Gasteiger charge is -2.09. The Balaban J connectivity index is 1.89. The van der Waals surface area contributed by atoms with Crippen LogP contribution in [0.15, 0.2) is 22.7 Å². The number of nitriles is 1. The lowest BCUT2D eigenvalue weighted by Crippen LogP contribution is -2.15. The molecule has 1 atom stereocenters. The number of hydrogen-bond acceptors (Lipinski definition) is 3. The predicted octanol–water partition coefficient (Wildman–Crippen LogP) is 2.65. The SMILES string of the molecule is N#Cc1cc(Br)ccc1NC(=O)CCC1CCNC1. The van der Waals surface area contributed by atoms with Gasteiger partial charge in [0.15, 0.2) is 0 Å². The van der Waals surface area contributed by atoms with Crippen LogP contribution in [0.1, 0.15) is 24.8 Å². The van der Waals surface area contributed by atoms with E-state index in [-0.39, 0.29) is 5.91 Å². The second-order valence-corrected chi connectivity index (χ2v) is 5.66. The Hall–Kier alpha value is -1.38. The van der Waals surface area contributed by atoms with Crippen LogP contribution >= 0.6 is 15.9 Å². The summed E-state index contributed by atoms with van der Waals surface area (Å²) in [5.41, 5.74) is 1.06. The van der Waals surface area contributed by atoms with Crippen LogP contribution in [0.5, 0.6) is 0 Å². The molecule has 1 aromatic carbocycles. The smallest absolute Gasteiger partial charge is 0.224 e. The number of amides is 1. The number of anilines is 1. The fourth-order valence-electron chi connectivity index (χ4n) is 2.23. The van der Waals surface area contributed by atoms with Crippen molar-refractivity contribution in [2.45, 2.75) is 19.3 Å². The molecule has 1 unspecified atom stereocenters. The van der Waals surface area contributed by atoms with E-state index in [0.717, 1.165) is 30.4 Å². The molecule has 100 valence electrons. The maximum Gasteiger partial charge on any atom is 0.224 e. The van der Waals surface area contributed by atoms with Gasteiger partial charge in [0, 0.05) is 10.9 Å². The van der Waals surface area contributed by atoms with E-state index in [9.17, 15) is 4.79 Å². The summed E-state index contributed by atoms with van der Waals surface area (Å²) >= 11 is 3.31. The summed E-state index contributed by atoms with van der Waals surface area (Å²) in [7, 11) is 0. The molecule has 0 saturated carbocycles. The summed E-state index contributed by atoms with van der Waals surface area (Å²) in [6.07, 6.45) is 2.56. The van der Waals surface area contributed by atoms with Crippen LogP contribution < -0.4 is 10.6 Å². The Morgan fingerprint density at radius 2 is 2.42 bits per heavy atom. The Bertz CT molecular complexity index is 504. The molecule has 5 heteroatoms. The zero-order valence-corrected chi connectivity index (χ0v) is 12.2. The molecule has 0 spiro atoms. The number of benzene rings is 1. The molecule has 0 aliphatic carbocycles. The third kappa shape index (κ3) is 4.05. The van der Waals surface area contributed by atoms with Crippen molar-refractivity contribution < 1.29 is 4.79 Å². The molecular weight excluding hydrogens is 306 g/mol. The molecule has 1 fully saturated rings. The molecule has 1 heterocycles. The quantitative estimate of drug-likeness (QED) is 0.896. The van der Waals surface area contributed by atoms with Crippen molar-refractivity contribution >= 4 is 27.5 Å². The lowest BCUT2D eigenvalue weighted by atomic mass is 10.0. The van der Waals surface area contributed by atoms with Crippen LogP contribution in [0, 0.1) is 17.2 Å². The minimum Gasteiger partial charge on any atom is -0.325 e. The molecule has 1 aliphatic heterocycles. The van der Waals surface area contributed by atoms with Gasteiger partial charge in [0.1, 0.15) is 6.07 Å². The third-order valence-electron chi connectivity index (χ3n) is 3.32. The van der Waals surface area contributed by atoms with Gasteiger partial charge in [0.2, 0.25) is 5.91 Å². The highest BCUT2D eigenvalue weighted by Gasteiger charge is 2.16. The molecule has 0 bridgehead atoms. The molecule has 1 amide bonds. The predicted molar refractivity (Wildman–Crippen MR) is 77.7 cm³/mol. The van der Waals surface area contributed by atoms with E-state index in [1.807, 2.05) is 6.07 Å². The first kappa shape index (κ1) is 14.0. The van der Waals surface area contributed by atoms with E-state index in [1.165, 1.54) is 0 Å². The number of carbonyl (C=O) groups is 1. The molecule has 0 aromatic heterocycles. The summed E-state index contributed by atoms with van der Waals surface area (Å²) in [5.74, 6) is 0.580. The molecule has 19 heavy (non-hydrogen) atoms. The zero-order chi connectivity index (χ0) is 13.7. The van der Waals surface area contributed by atoms with Gasteiger partial charge in [0.25, 0.3) is 0 Å². The first-order chi connectivity index (χ1) is 9.19. The average Bonchev–Trinajstić information content (AvgIpc) is 2.91. The number of nitrogens with one attached hydrogen (secondary N) is 2. The molecule has 1 aromatic rings. The van der Waals surface area contributed by atoms with E-state index < -0.39 is 0 Å². The number of hydrogen-bond donors (Lipinski definition) is 2. The highest BCUT2D eigenvalue weighted by atomic mass is 79.9. The molecule has 1 saturated heterocycles. The van der Waals surface area contributed by atoms with Crippen LogP contribution in [0.3, 0.4) is 0 Å². The van der Waals surface area contributed by atoms with Gasteiger partial charge in [-0.1, -0.05) is 15.9 Å². The van der Waals surface area contributed by atoms with E-state index in [4.69, 9.17) is 5.26 Å². The van der Waals surface area contributed by atoms with Crippen LogP contribution in [-0.2, 0) is 4.79 Å². The van der Waals surface area contributed by atoms with Gasteiger partial charge in [-0.15, -0.1) is 0 Å². The monoisotopic (exact) mass is 321 g/mol. The Morgan fingerprint density at radius 3 is 3.11 bits per heavy atom. The molecule has 0 radical (unpaired) electrons. The van der Waals surface area contributed by atoms with Crippen LogP contribution in [0.2, 0.25) is 0 Å². The van der Waals surface area contributed by atoms with E-state index in [2.05, 4.69) is 32.6 Å². The minimum absolute atomic E-state index is 0.0225. The molecule has 1 aliphatic rings. The number of halogens is 1. The molecule has 2 N–H and O–H groups in total. The topological polar surface area (TPSA) is 64.9 Å². The zero-order valence-electron chi connectivity index (χ0n) is 10.6. The average molecular weight is 322 g/mol. The standard InChI is InChI=1S/C14H16BrN3O/c15-12-2-3-13(11(7-12)8-16)18-14(19)4-1-10-5-6-17-9-10/h2-3,7,10,17H,1,4-6,9H2,(H,18,19). The van der Waals surface area contributed by atoms with Crippen molar-refractivity contribution in [2.75, 3.05) is 18.4 Å². The summed E-state index contributed by atoms with van der Waals surface area (Å²) < 4.78 is 0.832.